The van der Waals surface area contributed by atoms with Gasteiger partial charge in [0.1, 0.15) is 6.54 Å². The zero-order valence-corrected chi connectivity index (χ0v) is 15.0. The zero-order valence-electron chi connectivity index (χ0n) is 14.2. The minimum Gasteiger partial charge on any atom is -0.378 e. The Kier molecular flexibility index (Phi) is 5.99. The van der Waals surface area contributed by atoms with E-state index in [2.05, 4.69) is 9.89 Å². The summed E-state index contributed by atoms with van der Waals surface area (Å²) in [7, 11) is 0. The van der Waals surface area contributed by atoms with E-state index in [1.165, 1.54) is 0 Å². The average molecular weight is 366 g/mol. The molecule has 0 aliphatic carbocycles. The van der Waals surface area contributed by atoms with Gasteiger partial charge in [-0.25, -0.2) is 4.99 Å². The summed E-state index contributed by atoms with van der Waals surface area (Å²) in [6.45, 7) is 5.83. The molecule has 136 valence electrons. The molecule has 1 amide bonds. The van der Waals surface area contributed by atoms with E-state index in [0.29, 0.717) is 32.3 Å². The molecule has 1 aromatic rings. The van der Waals surface area contributed by atoms with Crippen molar-refractivity contribution in [2.45, 2.75) is 0 Å². The predicted molar refractivity (Wildman–Crippen MR) is 99.1 cm³/mol. The second-order valence-electron chi connectivity index (χ2n) is 6.12. The summed E-state index contributed by atoms with van der Waals surface area (Å²) >= 11 is 5.93. The third kappa shape index (κ3) is 4.76. The van der Waals surface area contributed by atoms with Gasteiger partial charge in [-0.1, -0.05) is 11.6 Å². The van der Waals surface area contributed by atoms with Crippen LogP contribution in [0.15, 0.2) is 29.3 Å². The maximum Gasteiger partial charge on any atom is 0.244 e. The van der Waals surface area contributed by atoms with E-state index < -0.39 is 0 Å². The van der Waals surface area contributed by atoms with Crippen LogP contribution >= 0.6 is 11.6 Å². The van der Waals surface area contributed by atoms with Gasteiger partial charge in [0.25, 0.3) is 0 Å². The number of guanidine groups is 1. The number of carbonyl (C=O) groups is 1. The van der Waals surface area contributed by atoms with Gasteiger partial charge in [0.05, 0.1) is 13.2 Å². The minimum absolute atomic E-state index is 0.00560. The van der Waals surface area contributed by atoms with Gasteiger partial charge in [0, 0.05) is 50.0 Å². The van der Waals surface area contributed by atoms with Crippen LogP contribution in [-0.2, 0) is 9.53 Å². The molecule has 0 bridgehead atoms. The third-order valence-corrected chi connectivity index (χ3v) is 4.79. The molecule has 0 aromatic heterocycles. The molecule has 0 unspecified atom stereocenters. The van der Waals surface area contributed by atoms with Crippen LogP contribution < -0.4 is 10.6 Å². The van der Waals surface area contributed by atoms with E-state index in [1.807, 2.05) is 29.2 Å². The van der Waals surface area contributed by atoms with E-state index in [1.54, 1.807) is 4.90 Å². The number of hydrogen-bond donors (Lipinski definition) is 1. The molecule has 8 heteroatoms. The molecule has 0 spiro atoms. The van der Waals surface area contributed by atoms with Gasteiger partial charge < -0.3 is 25.2 Å². The number of anilines is 1. The van der Waals surface area contributed by atoms with Crippen molar-refractivity contribution in [2.24, 2.45) is 10.7 Å². The number of morpholine rings is 1. The largest absolute Gasteiger partial charge is 0.378 e. The molecule has 0 atom stereocenters. The SMILES string of the molecule is NC(=NCC(=O)N1CCOCC1)N1CCN(c2ccc(Cl)cc2)CC1. The molecule has 3 rings (SSSR count). The molecule has 2 heterocycles. The Morgan fingerprint density at radius 2 is 1.68 bits per heavy atom. The molecule has 2 aliphatic heterocycles. The number of amides is 1. The highest BCUT2D eigenvalue weighted by Gasteiger charge is 2.20. The molecule has 0 radical (unpaired) electrons. The Morgan fingerprint density at radius 1 is 1.04 bits per heavy atom. The van der Waals surface area contributed by atoms with Crippen molar-refractivity contribution >= 4 is 29.2 Å². The Balaban J connectivity index is 1.48. The minimum atomic E-state index is 0.00560. The summed E-state index contributed by atoms with van der Waals surface area (Å²) in [6, 6.07) is 7.85. The van der Waals surface area contributed by atoms with E-state index in [9.17, 15) is 4.79 Å². The second-order valence-corrected chi connectivity index (χ2v) is 6.55. The lowest BCUT2D eigenvalue weighted by Gasteiger charge is -2.36. The molecule has 7 nitrogen and oxygen atoms in total. The maximum absolute atomic E-state index is 12.1. The first-order valence-electron chi connectivity index (χ1n) is 8.54. The zero-order chi connectivity index (χ0) is 17.6. The van der Waals surface area contributed by atoms with Gasteiger partial charge in [-0.15, -0.1) is 0 Å². The number of hydrogen-bond acceptors (Lipinski definition) is 4. The van der Waals surface area contributed by atoms with Gasteiger partial charge in [0.2, 0.25) is 5.91 Å². The van der Waals surface area contributed by atoms with E-state index in [4.69, 9.17) is 22.1 Å². The van der Waals surface area contributed by atoms with Gasteiger partial charge in [-0.3, -0.25) is 4.79 Å². The Morgan fingerprint density at radius 3 is 2.32 bits per heavy atom. The summed E-state index contributed by atoms with van der Waals surface area (Å²) in [6.07, 6.45) is 0. The fourth-order valence-corrected chi connectivity index (χ4v) is 3.13. The van der Waals surface area contributed by atoms with Crippen LogP contribution in [0.25, 0.3) is 0 Å². The van der Waals surface area contributed by atoms with Crippen LogP contribution in [0.1, 0.15) is 0 Å². The topological polar surface area (TPSA) is 74.4 Å². The van der Waals surface area contributed by atoms with Crippen molar-refractivity contribution in [2.75, 3.05) is 63.9 Å². The number of piperazine rings is 1. The first-order valence-corrected chi connectivity index (χ1v) is 8.92. The Bertz CT molecular complexity index is 608. The summed E-state index contributed by atoms with van der Waals surface area (Å²) < 4.78 is 5.25. The van der Waals surface area contributed by atoms with Crippen molar-refractivity contribution in [1.29, 1.82) is 0 Å². The quantitative estimate of drug-likeness (QED) is 0.628. The summed E-state index contributed by atoms with van der Waals surface area (Å²) in [5.41, 5.74) is 7.23. The van der Waals surface area contributed by atoms with E-state index in [-0.39, 0.29) is 12.5 Å². The highest BCUT2D eigenvalue weighted by molar-refractivity contribution is 6.30. The fourth-order valence-electron chi connectivity index (χ4n) is 3.01. The van der Waals surface area contributed by atoms with Crippen LogP contribution in [0.3, 0.4) is 0 Å². The number of halogens is 1. The maximum atomic E-state index is 12.1. The van der Waals surface area contributed by atoms with Crippen molar-refractivity contribution in [3.8, 4) is 0 Å². The summed E-state index contributed by atoms with van der Waals surface area (Å²) in [4.78, 5) is 22.5. The first kappa shape index (κ1) is 17.8. The number of nitrogens with two attached hydrogens (primary N) is 1. The lowest BCUT2D eigenvalue weighted by molar-refractivity contribution is -0.133. The lowest BCUT2D eigenvalue weighted by atomic mass is 10.2. The molecular formula is C17H24ClN5O2. The molecular weight excluding hydrogens is 342 g/mol. The first-order chi connectivity index (χ1) is 12.1. The van der Waals surface area contributed by atoms with E-state index >= 15 is 0 Å². The number of carbonyl (C=O) groups excluding carboxylic acids is 1. The fraction of sp³-hybridized carbons (Fsp3) is 0.529. The molecule has 2 aliphatic rings. The van der Waals surface area contributed by atoms with Crippen molar-refractivity contribution in [1.82, 2.24) is 9.80 Å². The summed E-state index contributed by atoms with van der Waals surface area (Å²) in [5.74, 6) is 0.448. The lowest BCUT2D eigenvalue weighted by Crippen LogP contribution is -2.51. The number of rotatable bonds is 3. The normalized spacial score (nSPS) is 19.2. The monoisotopic (exact) mass is 365 g/mol. The molecule has 2 N–H and O–H groups in total. The number of ether oxygens (including phenoxy) is 1. The van der Waals surface area contributed by atoms with Gasteiger partial charge in [-0.05, 0) is 24.3 Å². The molecule has 2 saturated heterocycles. The average Bonchev–Trinajstić information content (AvgIpc) is 2.67. The molecule has 1 aromatic carbocycles. The highest BCUT2D eigenvalue weighted by atomic mass is 35.5. The van der Waals surface area contributed by atoms with Crippen LogP contribution in [0.4, 0.5) is 5.69 Å². The second kappa shape index (κ2) is 8.40. The van der Waals surface area contributed by atoms with Gasteiger partial charge >= 0.3 is 0 Å². The van der Waals surface area contributed by atoms with Crippen LogP contribution in [0, 0.1) is 0 Å². The molecule has 0 saturated carbocycles. The van der Waals surface area contributed by atoms with Gasteiger partial charge in [0.15, 0.2) is 5.96 Å². The molecule has 25 heavy (non-hydrogen) atoms. The third-order valence-electron chi connectivity index (χ3n) is 4.54. The van der Waals surface area contributed by atoms with Gasteiger partial charge in [-0.2, -0.15) is 0 Å². The number of aliphatic imine (C=N–C) groups is 1. The standard InChI is InChI=1S/C17H24ClN5O2/c18-14-1-3-15(4-2-14)21-5-7-23(8-6-21)17(19)20-13-16(24)22-9-11-25-12-10-22/h1-4H,5-13H2,(H2,19,20). The van der Waals surface area contributed by atoms with Crippen molar-refractivity contribution in [3.05, 3.63) is 29.3 Å². The predicted octanol–water partition coefficient (Wildman–Crippen LogP) is 0.635. The van der Waals surface area contributed by atoms with Crippen LogP contribution in [-0.4, -0.2) is 80.7 Å². The Hall–Kier alpha value is -1.99. The van der Waals surface area contributed by atoms with Crippen LogP contribution in [0.2, 0.25) is 5.02 Å². The van der Waals surface area contributed by atoms with Crippen molar-refractivity contribution in [3.63, 3.8) is 0 Å². The van der Waals surface area contributed by atoms with Crippen LogP contribution in [0.5, 0.6) is 0 Å². The highest BCUT2D eigenvalue weighted by Crippen LogP contribution is 2.19. The summed E-state index contributed by atoms with van der Waals surface area (Å²) in [5, 5.41) is 0.740. The van der Waals surface area contributed by atoms with E-state index in [0.717, 1.165) is 36.9 Å². The smallest absolute Gasteiger partial charge is 0.244 e. The van der Waals surface area contributed by atoms with Crippen molar-refractivity contribution < 1.29 is 9.53 Å². The number of nitrogens with zero attached hydrogens (tertiary/aromatic N) is 4. The molecule has 2 fully saturated rings. The number of benzene rings is 1. The Labute approximate surface area is 153 Å².